The van der Waals surface area contributed by atoms with Crippen LogP contribution in [-0.2, 0) is 6.54 Å². The maximum Gasteiger partial charge on any atom is 0.387 e. The second kappa shape index (κ2) is 7.17. The monoisotopic (exact) mass is 295 g/mol. The topological polar surface area (TPSA) is 39.1 Å². The van der Waals surface area contributed by atoms with Crippen LogP contribution in [0.25, 0.3) is 0 Å². The van der Waals surface area contributed by atoms with Crippen molar-refractivity contribution in [1.82, 2.24) is 14.9 Å². The standard InChI is InChI=1S/C15H19F2N3O/c1-3-9-20-10-8-19-14(20)13(18-2)11-4-6-12(7-5-11)21-15(16)17/h4-8,10,13,15,18H,3,9H2,1-2H3. The number of alkyl halides is 2. The van der Waals surface area contributed by atoms with Gasteiger partial charge in [0, 0.05) is 18.9 Å². The fourth-order valence-corrected chi connectivity index (χ4v) is 2.30. The largest absolute Gasteiger partial charge is 0.435 e. The lowest BCUT2D eigenvalue weighted by Gasteiger charge is -2.18. The Hall–Kier alpha value is -1.95. The minimum atomic E-state index is -2.81. The van der Waals surface area contributed by atoms with Crippen LogP contribution < -0.4 is 10.1 Å². The fourth-order valence-electron chi connectivity index (χ4n) is 2.30. The first-order valence-electron chi connectivity index (χ1n) is 6.88. The van der Waals surface area contributed by atoms with Crippen molar-refractivity contribution < 1.29 is 13.5 Å². The number of imidazole rings is 1. The fraction of sp³-hybridized carbons (Fsp3) is 0.400. The highest BCUT2D eigenvalue weighted by molar-refractivity contribution is 5.32. The Bertz CT molecular complexity index is 554. The van der Waals surface area contributed by atoms with E-state index in [1.165, 1.54) is 0 Å². The molecular weight excluding hydrogens is 276 g/mol. The summed E-state index contributed by atoms with van der Waals surface area (Å²) in [6.45, 7) is 0.189. The number of hydrogen-bond donors (Lipinski definition) is 1. The zero-order valence-corrected chi connectivity index (χ0v) is 12.1. The van der Waals surface area contributed by atoms with Gasteiger partial charge in [-0.1, -0.05) is 19.1 Å². The van der Waals surface area contributed by atoms with Gasteiger partial charge in [-0.05, 0) is 31.2 Å². The highest BCUT2D eigenvalue weighted by Crippen LogP contribution is 2.23. The van der Waals surface area contributed by atoms with Gasteiger partial charge in [-0.2, -0.15) is 8.78 Å². The molecule has 2 aromatic rings. The summed E-state index contributed by atoms with van der Waals surface area (Å²) in [6, 6.07) is 6.53. The molecule has 4 nitrogen and oxygen atoms in total. The molecule has 0 fully saturated rings. The van der Waals surface area contributed by atoms with E-state index < -0.39 is 6.61 Å². The molecule has 0 saturated heterocycles. The zero-order chi connectivity index (χ0) is 15.2. The molecule has 0 saturated carbocycles. The van der Waals surface area contributed by atoms with E-state index in [0.29, 0.717) is 0 Å². The Morgan fingerprint density at radius 2 is 2.00 bits per heavy atom. The maximum atomic E-state index is 12.2. The molecule has 0 radical (unpaired) electrons. The van der Waals surface area contributed by atoms with Gasteiger partial charge in [0.15, 0.2) is 0 Å². The van der Waals surface area contributed by atoms with Crippen molar-refractivity contribution in [1.29, 1.82) is 0 Å². The van der Waals surface area contributed by atoms with Crippen LogP contribution in [0.5, 0.6) is 5.75 Å². The number of nitrogens with one attached hydrogen (secondary N) is 1. The average molecular weight is 295 g/mol. The molecule has 114 valence electrons. The molecule has 2 rings (SSSR count). The summed E-state index contributed by atoms with van der Waals surface area (Å²) in [5, 5.41) is 3.21. The van der Waals surface area contributed by atoms with Gasteiger partial charge in [0.2, 0.25) is 0 Å². The molecule has 0 aliphatic heterocycles. The van der Waals surface area contributed by atoms with Gasteiger partial charge in [0.1, 0.15) is 11.6 Å². The van der Waals surface area contributed by atoms with Crippen LogP contribution in [0.4, 0.5) is 8.78 Å². The van der Waals surface area contributed by atoms with Crippen molar-refractivity contribution in [2.24, 2.45) is 0 Å². The Morgan fingerprint density at radius 3 is 2.57 bits per heavy atom. The molecule has 0 bridgehead atoms. The minimum Gasteiger partial charge on any atom is -0.435 e. The predicted molar refractivity (Wildman–Crippen MR) is 76.5 cm³/mol. The number of rotatable bonds is 7. The van der Waals surface area contributed by atoms with Crippen molar-refractivity contribution >= 4 is 0 Å². The molecule has 0 aliphatic rings. The Labute approximate surface area is 122 Å². The summed E-state index contributed by atoms with van der Waals surface area (Å²) in [4.78, 5) is 4.40. The molecule has 1 N–H and O–H groups in total. The van der Waals surface area contributed by atoms with Crippen LogP contribution in [0.1, 0.15) is 30.8 Å². The van der Waals surface area contributed by atoms with E-state index in [9.17, 15) is 8.78 Å². The Kier molecular flexibility index (Phi) is 5.27. The molecule has 6 heteroatoms. The first-order valence-corrected chi connectivity index (χ1v) is 6.88. The van der Waals surface area contributed by atoms with Gasteiger partial charge < -0.3 is 14.6 Å². The van der Waals surface area contributed by atoms with E-state index in [2.05, 4.69) is 26.5 Å². The lowest BCUT2D eigenvalue weighted by Crippen LogP contribution is -2.22. The molecule has 1 aromatic carbocycles. The first-order chi connectivity index (χ1) is 10.2. The molecule has 1 aromatic heterocycles. The van der Waals surface area contributed by atoms with Gasteiger partial charge in [0.25, 0.3) is 0 Å². The normalized spacial score (nSPS) is 12.6. The number of hydrogen-bond acceptors (Lipinski definition) is 3. The third-order valence-electron chi connectivity index (χ3n) is 3.20. The van der Waals surface area contributed by atoms with Crippen LogP contribution in [0.3, 0.4) is 0 Å². The number of ether oxygens (including phenoxy) is 1. The van der Waals surface area contributed by atoms with Gasteiger partial charge in [0.05, 0.1) is 6.04 Å². The average Bonchev–Trinajstić information content (AvgIpc) is 2.90. The number of aromatic nitrogens is 2. The molecule has 1 unspecified atom stereocenters. The summed E-state index contributed by atoms with van der Waals surface area (Å²) in [5.41, 5.74) is 0.947. The molecule has 1 heterocycles. The molecule has 0 amide bonds. The first kappa shape index (κ1) is 15.4. The third-order valence-corrected chi connectivity index (χ3v) is 3.20. The molecule has 1 atom stereocenters. The van der Waals surface area contributed by atoms with E-state index in [-0.39, 0.29) is 11.8 Å². The predicted octanol–water partition coefficient (Wildman–Crippen LogP) is 3.20. The highest BCUT2D eigenvalue weighted by Gasteiger charge is 2.17. The van der Waals surface area contributed by atoms with E-state index in [0.717, 1.165) is 24.4 Å². The highest BCUT2D eigenvalue weighted by atomic mass is 19.3. The number of halogens is 2. The molecular formula is C15H19F2N3O. The van der Waals surface area contributed by atoms with Gasteiger partial charge >= 0.3 is 6.61 Å². The van der Waals surface area contributed by atoms with E-state index in [1.807, 2.05) is 13.2 Å². The Balaban J connectivity index is 2.22. The van der Waals surface area contributed by atoms with Gasteiger partial charge in [-0.25, -0.2) is 4.98 Å². The van der Waals surface area contributed by atoms with Crippen LogP contribution in [-0.4, -0.2) is 23.2 Å². The number of aryl methyl sites for hydroxylation is 1. The lowest BCUT2D eigenvalue weighted by molar-refractivity contribution is -0.0498. The maximum absolute atomic E-state index is 12.2. The number of benzene rings is 1. The second-order valence-corrected chi connectivity index (χ2v) is 4.65. The quantitative estimate of drug-likeness (QED) is 0.852. The zero-order valence-electron chi connectivity index (χ0n) is 12.1. The van der Waals surface area contributed by atoms with Gasteiger partial charge in [-0.15, -0.1) is 0 Å². The molecule has 0 aliphatic carbocycles. The summed E-state index contributed by atoms with van der Waals surface area (Å²) in [5.74, 6) is 1.06. The Morgan fingerprint density at radius 1 is 1.29 bits per heavy atom. The summed E-state index contributed by atoms with van der Waals surface area (Å²) in [7, 11) is 1.85. The lowest BCUT2D eigenvalue weighted by atomic mass is 10.1. The van der Waals surface area contributed by atoms with Crippen LogP contribution in [0.15, 0.2) is 36.7 Å². The van der Waals surface area contributed by atoms with E-state index in [4.69, 9.17) is 0 Å². The molecule has 21 heavy (non-hydrogen) atoms. The summed E-state index contributed by atoms with van der Waals surface area (Å²) in [6.07, 6.45) is 4.72. The minimum absolute atomic E-state index is 0.0906. The van der Waals surface area contributed by atoms with Crippen molar-refractivity contribution in [3.05, 3.63) is 48.0 Å². The smallest absolute Gasteiger partial charge is 0.387 e. The summed E-state index contributed by atoms with van der Waals surface area (Å²) >= 11 is 0. The van der Waals surface area contributed by atoms with Gasteiger partial charge in [-0.3, -0.25) is 0 Å². The van der Waals surface area contributed by atoms with Crippen LogP contribution in [0, 0.1) is 0 Å². The van der Waals surface area contributed by atoms with Crippen molar-refractivity contribution in [2.45, 2.75) is 32.5 Å². The summed E-state index contributed by atoms with van der Waals surface area (Å²) < 4.78 is 30.8. The second-order valence-electron chi connectivity index (χ2n) is 4.65. The van der Waals surface area contributed by atoms with E-state index >= 15 is 0 Å². The number of nitrogens with zero attached hydrogens (tertiary/aromatic N) is 2. The van der Waals surface area contributed by atoms with E-state index in [1.54, 1.807) is 30.5 Å². The van der Waals surface area contributed by atoms with Crippen LogP contribution >= 0.6 is 0 Å². The van der Waals surface area contributed by atoms with Crippen molar-refractivity contribution in [2.75, 3.05) is 7.05 Å². The SMILES string of the molecule is CCCn1ccnc1C(NC)c1ccc(OC(F)F)cc1. The van der Waals surface area contributed by atoms with Crippen molar-refractivity contribution in [3.63, 3.8) is 0 Å². The third kappa shape index (κ3) is 3.78. The van der Waals surface area contributed by atoms with Crippen LogP contribution in [0.2, 0.25) is 0 Å². The molecule has 0 spiro atoms. The van der Waals surface area contributed by atoms with Crippen molar-refractivity contribution in [3.8, 4) is 5.75 Å².